The Morgan fingerprint density at radius 2 is 1.76 bits per heavy atom. The van der Waals surface area contributed by atoms with E-state index in [1.165, 1.54) is 22.4 Å². The molecule has 0 radical (unpaired) electrons. The lowest BCUT2D eigenvalue weighted by atomic mass is 10.1. The molecule has 0 saturated heterocycles. The molecule has 1 unspecified atom stereocenters. The first-order valence-electron chi connectivity index (χ1n) is 7.37. The Morgan fingerprint density at radius 3 is 2.48 bits per heavy atom. The summed E-state index contributed by atoms with van der Waals surface area (Å²) in [7, 11) is 4.18. The molecule has 2 nitrogen and oxygen atoms in total. The van der Waals surface area contributed by atoms with Gasteiger partial charge in [-0.1, -0.05) is 29.8 Å². The van der Waals surface area contributed by atoms with E-state index in [1.54, 1.807) is 0 Å². The van der Waals surface area contributed by atoms with Gasteiger partial charge in [-0.15, -0.1) is 0 Å². The molecule has 0 fully saturated rings. The maximum Gasteiger partial charge on any atom is 0.0408 e. The minimum atomic E-state index is 0.471. The van der Waals surface area contributed by atoms with E-state index in [1.807, 2.05) is 6.07 Å². The van der Waals surface area contributed by atoms with Crippen molar-refractivity contribution in [1.29, 1.82) is 0 Å². The number of nitrogens with one attached hydrogen (secondary N) is 1. The van der Waals surface area contributed by atoms with Crippen LogP contribution in [0.5, 0.6) is 0 Å². The zero-order chi connectivity index (χ0) is 14.8. The normalized spacial score (nSPS) is 17.0. The Bertz CT molecular complexity index is 620. The number of anilines is 1. The number of fused-ring (bicyclic) bond motifs is 1. The van der Waals surface area contributed by atoms with E-state index in [4.69, 9.17) is 11.6 Å². The van der Waals surface area contributed by atoms with Crippen molar-refractivity contribution in [3.63, 3.8) is 0 Å². The molecule has 3 heteroatoms. The Labute approximate surface area is 131 Å². The van der Waals surface area contributed by atoms with Crippen LogP contribution in [0.4, 0.5) is 5.69 Å². The number of hydrogen-bond acceptors (Lipinski definition) is 2. The summed E-state index contributed by atoms with van der Waals surface area (Å²) >= 11 is 6.07. The SMILES string of the molecule is CN(C)Cc1ccc(NC2Cc3ccc(Cl)cc3C2)cc1. The van der Waals surface area contributed by atoms with Crippen molar-refractivity contribution in [1.82, 2.24) is 4.90 Å². The second kappa shape index (κ2) is 6.08. The van der Waals surface area contributed by atoms with Gasteiger partial charge in [-0.2, -0.15) is 0 Å². The van der Waals surface area contributed by atoms with Gasteiger partial charge in [-0.3, -0.25) is 0 Å². The van der Waals surface area contributed by atoms with Gasteiger partial charge in [-0.25, -0.2) is 0 Å². The fourth-order valence-corrected chi connectivity index (χ4v) is 3.19. The second-order valence-electron chi connectivity index (χ2n) is 6.10. The molecule has 1 aliphatic carbocycles. The predicted octanol–water partition coefficient (Wildman–Crippen LogP) is 3.98. The predicted molar refractivity (Wildman–Crippen MR) is 90.1 cm³/mol. The third-order valence-corrected chi connectivity index (χ3v) is 4.16. The standard InChI is InChI=1S/C18H21ClN2/c1-21(2)12-13-3-7-17(8-4-13)20-18-10-14-5-6-16(19)9-15(14)11-18/h3-9,18,20H,10-12H2,1-2H3. The minimum Gasteiger partial charge on any atom is -0.382 e. The third-order valence-electron chi connectivity index (χ3n) is 3.92. The van der Waals surface area contributed by atoms with E-state index in [2.05, 4.69) is 60.7 Å². The summed E-state index contributed by atoms with van der Waals surface area (Å²) in [6.07, 6.45) is 2.13. The first kappa shape index (κ1) is 14.4. The van der Waals surface area contributed by atoms with Crippen LogP contribution in [0.25, 0.3) is 0 Å². The van der Waals surface area contributed by atoms with Crippen molar-refractivity contribution < 1.29 is 0 Å². The zero-order valence-corrected chi connectivity index (χ0v) is 13.3. The smallest absolute Gasteiger partial charge is 0.0408 e. The summed E-state index contributed by atoms with van der Waals surface area (Å²) in [5.41, 5.74) is 5.33. The third kappa shape index (κ3) is 3.58. The molecular weight excluding hydrogens is 280 g/mol. The summed E-state index contributed by atoms with van der Waals surface area (Å²) in [5.74, 6) is 0. The van der Waals surface area contributed by atoms with E-state index < -0.39 is 0 Å². The van der Waals surface area contributed by atoms with Crippen LogP contribution in [0.15, 0.2) is 42.5 Å². The Morgan fingerprint density at radius 1 is 1.05 bits per heavy atom. The maximum absolute atomic E-state index is 6.07. The molecule has 1 aliphatic rings. The molecule has 0 spiro atoms. The lowest BCUT2D eigenvalue weighted by Gasteiger charge is -2.15. The van der Waals surface area contributed by atoms with E-state index in [0.29, 0.717) is 6.04 Å². The molecular formula is C18H21ClN2. The summed E-state index contributed by atoms with van der Waals surface area (Å²) in [4.78, 5) is 2.18. The number of halogens is 1. The highest BCUT2D eigenvalue weighted by molar-refractivity contribution is 6.30. The Balaban J connectivity index is 1.63. The first-order chi connectivity index (χ1) is 10.1. The zero-order valence-electron chi connectivity index (χ0n) is 12.6. The maximum atomic E-state index is 6.07. The topological polar surface area (TPSA) is 15.3 Å². The molecule has 0 saturated carbocycles. The van der Waals surface area contributed by atoms with Crippen molar-refractivity contribution in [2.45, 2.75) is 25.4 Å². The van der Waals surface area contributed by atoms with Crippen LogP contribution in [0, 0.1) is 0 Å². The van der Waals surface area contributed by atoms with Crippen LogP contribution in [0.2, 0.25) is 5.02 Å². The molecule has 1 atom stereocenters. The molecule has 1 N–H and O–H groups in total. The highest BCUT2D eigenvalue weighted by Crippen LogP contribution is 2.27. The lowest BCUT2D eigenvalue weighted by molar-refractivity contribution is 0.402. The quantitative estimate of drug-likeness (QED) is 0.919. The molecule has 2 aromatic rings. The summed E-state index contributed by atoms with van der Waals surface area (Å²) in [6.45, 7) is 0.980. The molecule has 3 rings (SSSR count). The summed E-state index contributed by atoms with van der Waals surface area (Å²) in [5, 5.41) is 4.47. The van der Waals surface area contributed by atoms with Crippen LogP contribution in [0.3, 0.4) is 0 Å². The molecule has 0 bridgehead atoms. The van der Waals surface area contributed by atoms with Gasteiger partial charge < -0.3 is 10.2 Å². The number of benzene rings is 2. The lowest BCUT2D eigenvalue weighted by Crippen LogP contribution is -2.19. The average molecular weight is 301 g/mol. The van der Waals surface area contributed by atoms with Gasteiger partial charge in [0, 0.05) is 23.3 Å². The van der Waals surface area contributed by atoms with Crippen molar-refractivity contribution in [2.75, 3.05) is 19.4 Å². The van der Waals surface area contributed by atoms with Crippen molar-refractivity contribution in [3.05, 3.63) is 64.2 Å². The van der Waals surface area contributed by atoms with Gasteiger partial charge in [-0.05, 0) is 67.9 Å². The van der Waals surface area contributed by atoms with Crippen LogP contribution >= 0.6 is 11.6 Å². The molecule has 2 aromatic carbocycles. The van der Waals surface area contributed by atoms with Crippen LogP contribution in [-0.4, -0.2) is 25.0 Å². The minimum absolute atomic E-state index is 0.471. The average Bonchev–Trinajstić information content (AvgIpc) is 2.82. The molecule has 21 heavy (non-hydrogen) atoms. The molecule has 0 aromatic heterocycles. The van der Waals surface area contributed by atoms with Gasteiger partial charge in [0.15, 0.2) is 0 Å². The molecule has 0 heterocycles. The number of nitrogens with zero attached hydrogens (tertiary/aromatic N) is 1. The number of rotatable bonds is 4. The monoisotopic (exact) mass is 300 g/mol. The van der Waals surface area contributed by atoms with Crippen LogP contribution in [-0.2, 0) is 19.4 Å². The van der Waals surface area contributed by atoms with E-state index in [-0.39, 0.29) is 0 Å². The van der Waals surface area contributed by atoms with Gasteiger partial charge in [0.2, 0.25) is 0 Å². The fraction of sp³-hybridized carbons (Fsp3) is 0.333. The highest BCUT2D eigenvalue weighted by Gasteiger charge is 2.21. The van der Waals surface area contributed by atoms with Gasteiger partial charge in [0.05, 0.1) is 0 Å². The van der Waals surface area contributed by atoms with E-state index >= 15 is 0 Å². The largest absolute Gasteiger partial charge is 0.382 e. The van der Waals surface area contributed by atoms with Gasteiger partial charge in [0.1, 0.15) is 0 Å². The van der Waals surface area contributed by atoms with Crippen molar-refractivity contribution in [3.8, 4) is 0 Å². The van der Waals surface area contributed by atoms with Crippen molar-refractivity contribution in [2.24, 2.45) is 0 Å². The van der Waals surface area contributed by atoms with Crippen LogP contribution in [0.1, 0.15) is 16.7 Å². The van der Waals surface area contributed by atoms with Gasteiger partial charge in [0.25, 0.3) is 0 Å². The second-order valence-corrected chi connectivity index (χ2v) is 6.53. The first-order valence-corrected chi connectivity index (χ1v) is 7.75. The fourth-order valence-electron chi connectivity index (χ4n) is 3.00. The Kier molecular flexibility index (Phi) is 4.18. The molecule has 0 amide bonds. The molecule has 110 valence electrons. The highest BCUT2D eigenvalue weighted by atomic mass is 35.5. The van der Waals surface area contributed by atoms with Crippen LogP contribution < -0.4 is 5.32 Å². The van der Waals surface area contributed by atoms with Crippen molar-refractivity contribution >= 4 is 17.3 Å². The summed E-state index contributed by atoms with van der Waals surface area (Å²) in [6, 6.07) is 15.4. The van der Waals surface area contributed by atoms with E-state index in [9.17, 15) is 0 Å². The van der Waals surface area contributed by atoms with Gasteiger partial charge >= 0.3 is 0 Å². The Hall–Kier alpha value is -1.51. The number of hydrogen-bond donors (Lipinski definition) is 1. The van der Waals surface area contributed by atoms with E-state index in [0.717, 1.165) is 24.4 Å². The summed E-state index contributed by atoms with van der Waals surface area (Å²) < 4.78 is 0. The molecule has 0 aliphatic heterocycles.